The molecule has 12 heteroatoms. The van der Waals surface area contributed by atoms with Gasteiger partial charge in [0.05, 0.1) is 48.6 Å². The van der Waals surface area contributed by atoms with E-state index in [-0.39, 0.29) is 17.4 Å². The minimum atomic E-state index is -0.108. The van der Waals surface area contributed by atoms with Crippen molar-refractivity contribution in [3.8, 4) is 28.6 Å². The van der Waals surface area contributed by atoms with Crippen molar-refractivity contribution in [1.82, 2.24) is 19.8 Å². The number of likely N-dealkylation sites (N-methyl/N-ethyl adjacent to an activating group) is 1. The zero-order chi connectivity index (χ0) is 36.5. The van der Waals surface area contributed by atoms with Gasteiger partial charge in [0.25, 0.3) is 5.91 Å². The smallest absolute Gasteiger partial charge is 0.256 e. The number of hydrogen-bond acceptors (Lipinski definition) is 10. The molecule has 2 fully saturated rings. The molecule has 0 bridgehead atoms. The summed E-state index contributed by atoms with van der Waals surface area (Å²) in [6.45, 7) is 10.7. The van der Waals surface area contributed by atoms with Crippen molar-refractivity contribution in [3.05, 3.63) is 60.2 Å². The number of amides is 1. The standard InChI is InChI=1S/C40H54N6O5S/c1-5-49-40(52-6-2)35-11-10-18-46(35)39(47)32-26-31(48-4)27-36(37(32)41)51-24-9-7-8-23-50-30-15-12-28(13-16-30)38-42-33-17-14-29(25-34(33)43-38)45-21-19-44(3)20-22-45/h12-17,25-27,35,40H,5-11,18-24,41H2,1-4H3,(H,42,43)/t35-,40?/m0/s1. The van der Waals surface area contributed by atoms with Crippen LogP contribution in [0.5, 0.6) is 17.2 Å². The number of rotatable bonds is 17. The number of imidazole rings is 1. The van der Waals surface area contributed by atoms with Gasteiger partial charge in [0.15, 0.2) is 0 Å². The van der Waals surface area contributed by atoms with Crippen LogP contribution in [0.2, 0.25) is 0 Å². The quantitative estimate of drug-likeness (QED) is 0.0674. The number of nitrogens with zero attached hydrogens (tertiary/aromatic N) is 4. The van der Waals surface area contributed by atoms with Crippen molar-refractivity contribution in [2.75, 3.05) is 83.1 Å². The summed E-state index contributed by atoms with van der Waals surface area (Å²) in [5.41, 5.74) is 11.5. The second kappa shape index (κ2) is 18.1. The fourth-order valence-corrected chi connectivity index (χ4v) is 8.02. The Bertz CT molecular complexity index is 1750. The normalized spacial score (nSPS) is 17.1. The number of carbonyl (C=O) groups excluding carboxylic acids is 1. The average molecular weight is 731 g/mol. The van der Waals surface area contributed by atoms with Crippen molar-refractivity contribution < 1.29 is 23.7 Å². The maximum atomic E-state index is 13.8. The number of nitrogen functional groups attached to an aromatic ring is 1. The van der Waals surface area contributed by atoms with E-state index in [0.29, 0.717) is 49.1 Å². The van der Waals surface area contributed by atoms with Crippen LogP contribution >= 0.6 is 11.8 Å². The number of thioether (sulfide) groups is 1. The maximum absolute atomic E-state index is 13.8. The third kappa shape index (κ3) is 9.08. The predicted octanol–water partition coefficient (Wildman–Crippen LogP) is 6.92. The van der Waals surface area contributed by atoms with Gasteiger partial charge in [0.1, 0.15) is 28.5 Å². The molecule has 3 aromatic carbocycles. The lowest BCUT2D eigenvalue weighted by atomic mass is 10.1. The lowest BCUT2D eigenvalue weighted by Gasteiger charge is -2.34. The Morgan fingerprint density at radius 1 is 0.962 bits per heavy atom. The number of fused-ring (bicyclic) bond motifs is 1. The van der Waals surface area contributed by atoms with Crippen LogP contribution in [0.3, 0.4) is 0 Å². The molecule has 2 aliphatic heterocycles. The van der Waals surface area contributed by atoms with E-state index in [1.807, 2.05) is 36.1 Å². The molecule has 280 valence electrons. The first-order valence-electron chi connectivity index (χ1n) is 18.7. The number of hydrogen-bond donors (Lipinski definition) is 2. The molecule has 2 atom stereocenters. The fourth-order valence-electron chi connectivity index (χ4n) is 6.95. The van der Waals surface area contributed by atoms with Crippen molar-refractivity contribution in [1.29, 1.82) is 0 Å². The lowest BCUT2D eigenvalue weighted by Crippen LogP contribution is -2.44. The van der Waals surface area contributed by atoms with Gasteiger partial charge in [-0.25, -0.2) is 4.98 Å². The summed E-state index contributed by atoms with van der Waals surface area (Å²) < 4.78 is 23.7. The van der Waals surface area contributed by atoms with E-state index in [1.54, 1.807) is 31.0 Å². The number of H-pyrrole nitrogens is 1. The highest BCUT2D eigenvalue weighted by Crippen LogP contribution is 2.36. The first-order valence-corrected chi connectivity index (χ1v) is 19.7. The Hall–Kier alpha value is -4.13. The highest BCUT2D eigenvalue weighted by atomic mass is 32.2. The van der Waals surface area contributed by atoms with Crippen LogP contribution in [0.1, 0.15) is 56.3 Å². The van der Waals surface area contributed by atoms with E-state index in [2.05, 4.69) is 47.0 Å². The van der Waals surface area contributed by atoms with Gasteiger partial charge in [-0.05, 0) is 100 Å². The van der Waals surface area contributed by atoms with Crippen LogP contribution < -0.4 is 24.8 Å². The minimum absolute atomic E-state index is 0.00483. The molecule has 0 aliphatic carbocycles. The average Bonchev–Trinajstić information content (AvgIpc) is 3.83. The molecule has 1 aromatic heterocycles. The minimum Gasteiger partial charge on any atom is -0.497 e. The highest BCUT2D eigenvalue weighted by molar-refractivity contribution is 7.99. The molecule has 11 nitrogen and oxygen atoms in total. The number of anilines is 2. The molecule has 1 amide bonds. The lowest BCUT2D eigenvalue weighted by molar-refractivity contribution is 0.0461. The van der Waals surface area contributed by atoms with Crippen LogP contribution in [0, 0.1) is 0 Å². The largest absolute Gasteiger partial charge is 0.497 e. The highest BCUT2D eigenvalue weighted by Gasteiger charge is 2.37. The Kier molecular flexibility index (Phi) is 13.1. The summed E-state index contributed by atoms with van der Waals surface area (Å²) in [7, 11) is 3.76. The van der Waals surface area contributed by atoms with Gasteiger partial charge >= 0.3 is 0 Å². The molecule has 4 aromatic rings. The summed E-state index contributed by atoms with van der Waals surface area (Å²) in [6, 6.07) is 18.0. The van der Waals surface area contributed by atoms with Crippen LogP contribution in [-0.4, -0.2) is 110 Å². The summed E-state index contributed by atoms with van der Waals surface area (Å²) in [4.78, 5) is 28.9. The summed E-state index contributed by atoms with van der Waals surface area (Å²) >= 11 is 1.74. The van der Waals surface area contributed by atoms with Gasteiger partial charge in [-0.3, -0.25) is 4.79 Å². The number of methoxy groups -OCH3 is 1. The third-order valence-corrected chi connectivity index (χ3v) is 11.0. The SMILES string of the molecule is CCOC(SCC)[C@@H]1CCCN1C(=O)c1cc(OC)cc(OCCCCCOc2ccc(-c3nc4ccc(N5CCN(C)CC5)cc4[nH]3)cc2)c1N. The summed E-state index contributed by atoms with van der Waals surface area (Å²) in [5.74, 6) is 3.51. The zero-order valence-corrected chi connectivity index (χ0v) is 31.9. The molecule has 3 heterocycles. The molecule has 52 heavy (non-hydrogen) atoms. The third-order valence-electron chi connectivity index (χ3n) is 9.89. The van der Waals surface area contributed by atoms with Crippen LogP contribution in [-0.2, 0) is 4.74 Å². The second-order valence-corrected chi connectivity index (χ2v) is 14.8. The Morgan fingerprint density at radius 2 is 1.73 bits per heavy atom. The maximum Gasteiger partial charge on any atom is 0.256 e. The molecule has 0 spiro atoms. The molecular formula is C40H54N6O5S. The predicted molar refractivity (Wildman–Crippen MR) is 211 cm³/mol. The van der Waals surface area contributed by atoms with Crippen LogP contribution in [0.4, 0.5) is 11.4 Å². The van der Waals surface area contributed by atoms with Crippen molar-refractivity contribution in [2.45, 2.75) is 57.4 Å². The topological polar surface area (TPSA) is 118 Å². The van der Waals surface area contributed by atoms with E-state index < -0.39 is 0 Å². The van der Waals surface area contributed by atoms with E-state index >= 15 is 0 Å². The number of piperazine rings is 1. The Labute approximate surface area is 312 Å². The van der Waals surface area contributed by atoms with Crippen molar-refractivity contribution in [3.63, 3.8) is 0 Å². The molecule has 1 unspecified atom stereocenters. The van der Waals surface area contributed by atoms with E-state index in [9.17, 15) is 4.79 Å². The number of nitrogens with two attached hydrogens (primary N) is 1. The number of carbonyl (C=O) groups is 1. The van der Waals surface area contributed by atoms with Crippen LogP contribution in [0.15, 0.2) is 54.6 Å². The first kappa shape index (κ1) is 37.6. The number of likely N-dealkylation sites (tertiary alicyclic amines) is 1. The Morgan fingerprint density at radius 3 is 2.46 bits per heavy atom. The van der Waals surface area contributed by atoms with E-state index in [1.165, 1.54) is 5.69 Å². The number of aromatic amines is 1. The van der Waals surface area contributed by atoms with Gasteiger partial charge in [-0.1, -0.05) is 6.92 Å². The molecular weight excluding hydrogens is 677 g/mol. The summed E-state index contributed by atoms with van der Waals surface area (Å²) in [6.07, 6.45) is 4.48. The molecule has 2 aliphatic rings. The number of ether oxygens (including phenoxy) is 4. The van der Waals surface area contributed by atoms with Gasteiger partial charge < -0.3 is 44.4 Å². The molecule has 2 saturated heterocycles. The molecule has 6 rings (SSSR count). The van der Waals surface area contributed by atoms with E-state index in [4.69, 9.17) is 29.7 Å². The van der Waals surface area contributed by atoms with Crippen LogP contribution in [0.25, 0.3) is 22.4 Å². The Balaban J connectivity index is 0.961. The molecule has 0 saturated carbocycles. The molecule has 3 N–H and O–H groups in total. The second-order valence-electron chi connectivity index (χ2n) is 13.4. The van der Waals surface area contributed by atoms with Gasteiger partial charge in [-0.15, -0.1) is 11.8 Å². The molecule has 0 radical (unpaired) electrons. The number of aromatic nitrogens is 2. The van der Waals surface area contributed by atoms with Gasteiger partial charge in [0, 0.05) is 56.6 Å². The van der Waals surface area contributed by atoms with E-state index in [0.717, 1.165) is 92.2 Å². The number of benzene rings is 3. The number of unbranched alkanes of at least 4 members (excludes halogenated alkanes) is 2. The number of nitrogens with one attached hydrogen (secondary N) is 1. The summed E-state index contributed by atoms with van der Waals surface area (Å²) in [5, 5.41) is 0. The fraction of sp³-hybridized carbons (Fsp3) is 0.500. The van der Waals surface area contributed by atoms with Gasteiger partial charge in [-0.2, -0.15) is 0 Å². The first-order chi connectivity index (χ1) is 25.4. The monoisotopic (exact) mass is 730 g/mol. The van der Waals surface area contributed by atoms with Gasteiger partial charge in [0.2, 0.25) is 0 Å². The van der Waals surface area contributed by atoms with Crippen molar-refractivity contribution >= 4 is 40.1 Å². The van der Waals surface area contributed by atoms with Crippen molar-refractivity contribution in [2.24, 2.45) is 0 Å². The zero-order valence-electron chi connectivity index (χ0n) is 31.1.